The Morgan fingerprint density at radius 1 is 0.867 bits per heavy atom. The highest BCUT2D eigenvalue weighted by Crippen LogP contribution is 2.28. The van der Waals surface area contributed by atoms with Gasteiger partial charge >= 0.3 is 0 Å². The van der Waals surface area contributed by atoms with Crippen molar-refractivity contribution in [3.8, 4) is 0 Å². The minimum absolute atomic E-state index is 0.437. The molecule has 2 aromatic carbocycles. The second kappa shape index (κ2) is 9.36. The van der Waals surface area contributed by atoms with Crippen molar-refractivity contribution in [2.75, 3.05) is 41.6 Å². The molecule has 164 valence electrons. The van der Waals surface area contributed by atoms with Crippen molar-refractivity contribution in [2.24, 2.45) is 0 Å². The molecule has 30 heavy (non-hydrogen) atoms. The van der Waals surface area contributed by atoms with E-state index in [0.717, 1.165) is 51.4 Å². The molecule has 0 saturated carbocycles. The Morgan fingerprint density at radius 3 is 1.93 bits per heavy atom. The molecule has 1 aliphatic rings. The topological polar surface area (TPSA) is 95.6 Å². The molecule has 0 aliphatic carbocycles. The summed E-state index contributed by atoms with van der Waals surface area (Å²) < 4.78 is 50.3. The number of likely N-dealkylation sites (tertiary alicyclic amines) is 1. The highest BCUT2D eigenvalue weighted by Gasteiger charge is 2.21. The average Bonchev–Trinajstić information content (AvgIpc) is 2.66. The lowest BCUT2D eigenvalue weighted by Crippen LogP contribution is -2.35. The van der Waals surface area contributed by atoms with Crippen molar-refractivity contribution in [3.05, 3.63) is 59.7 Å². The van der Waals surface area contributed by atoms with Crippen molar-refractivity contribution < 1.29 is 16.8 Å². The second-order valence-corrected chi connectivity index (χ2v) is 11.5. The fourth-order valence-electron chi connectivity index (χ4n) is 3.81. The van der Waals surface area contributed by atoms with Crippen LogP contribution in [0.1, 0.15) is 29.9 Å². The summed E-state index contributed by atoms with van der Waals surface area (Å²) in [5.74, 6) is 0.437. The standard InChI is InChI=1S/C21H29N3O4S2/c1-29(25,26)22-20-9-5-17(6-10-20)13-15-24-14-3-4-19(16-24)18-7-11-21(12-8-18)23-30(2,27)28/h5-12,19,22-23H,3-4,13-16H2,1-2H3. The summed E-state index contributed by atoms with van der Waals surface area (Å²) in [6, 6.07) is 15.2. The van der Waals surface area contributed by atoms with Crippen LogP contribution in [0.15, 0.2) is 48.5 Å². The number of hydrogen-bond donors (Lipinski definition) is 2. The molecule has 0 bridgehead atoms. The smallest absolute Gasteiger partial charge is 0.229 e. The molecule has 1 unspecified atom stereocenters. The molecular formula is C21H29N3O4S2. The van der Waals surface area contributed by atoms with E-state index in [1.165, 1.54) is 11.1 Å². The minimum Gasteiger partial charge on any atom is -0.302 e. The predicted molar refractivity (Wildman–Crippen MR) is 122 cm³/mol. The summed E-state index contributed by atoms with van der Waals surface area (Å²) in [5, 5.41) is 0. The van der Waals surface area contributed by atoms with Gasteiger partial charge in [0, 0.05) is 24.5 Å². The van der Waals surface area contributed by atoms with Crippen molar-refractivity contribution in [2.45, 2.75) is 25.2 Å². The van der Waals surface area contributed by atoms with E-state index in [9.17, 15) is 16.8 Å². The van der Waals surface area contributed by atoms with Gasteiger partial charge in [0.1, 0.15) is 0 Å². The zero-order valence-corrected chi connectivity index (χ0v) is 19.0. The Hall–Kier alpha value is -2.10. The second-order valence-electron chi connectivity index (χ2n) is 7.96. The van der Waals surface area contributed by atoms with Gasteiger partial charge in [-0.05, 0) is 67.1 Å². The highest BCUT2D eigenvalue weighted by molar-refractivity contribution is 7.92. The Balaban J connectivity index is 1.53. The largest absolute Gasteiger partial charge is 0.302 e. The molecule has 2 aromatic rings. The lowest BCUT2D eigenvalue weighted by Gasteiger charge is -2.33. The molecule has 1 saturated heterocycles. The average molecular weight is 452 g/mol. The van der Waals surface area contributed by atoms with Crippen molar-refractivity contribution >= 4 is 31.4 Å². The summed E-state index contributed by atoms with van der Waals surface area (Å²) in [6.07, 6.45) is 5.45. The summed E-state index contributed by atoms with van der Waals surface area (Å²) >= 11 is 0. The van der Waals surface area contributed by atoms with Crippen LogP contribution in [0.25, 0.3) is 0 Å². The molecule has 7 nitrogen and oxygen atoms in total. The normalized spacial score (nSPS) is 18.1. The van der Waals surface area contributed by atoms with E-state index in [0.29, 0.717) is 17.3 Å². The molecule has 0 aromatic heterocycles. The third kappa shape index (κ3) is 7.30. The maximum atomic E-state index is 11.4. The molecule has 2 N–H and O–H groups in total. The summed E-state index contributed by atoms with van der Waals surface area (Å²) in [7, 11) is -6.52. The Morgan fingerprint density at radius 2 is 1.40 bits per heavy atom. The van der Waals surface area contributed by atoms with Gasteiger partial charge in [0.25, 0.3) is 0 Å². The van der Waals surface area contributed by atoms with Crippen LogP contribution in [-0.4, -0.2) is 53.9 Å². The molecular weight excluding hydrogens is 422 g/mol. The molecule has 0 radical (unpaired) electrons. The number of nitrogens with one attached hydrogen (secondary N) is 2. The van der Waals surface area contributed by atoms with Crippen molar-refractivity contribution in [3.63, 3.8) is 0 Å². The van der Waals surface area contributed by atoms with Gasteiger partial charge in [0.15, 0.2) is 0 Å². The van der Waals surface area contributed by atoms with E-state index in [1.807, 2.05) is 36.4 Å². The van der Waals surface area contributed by atoms with Crippen LogP contribution < -0.4 is 9.44 Å². The number of piperidine rings is 1. The zero-order chi connectivity index (χ0) is 21.8. The van der Waals surface area contributed by atoms with Crippen LogP contribution >= 0.6 is 0 Å². The van der Waals surface area contributed by atoms with Crippen molar-refractivity contribution in [1.29, 1.82) is 0 Å². The SMILES string of the molecule is CS(=O)(=O)Nc1ccc(CCN2CCCC(c3ccc(NS(C)(=O)=O)cc3)C2)cc1. The minimum atomic E-state index is -3.26. The summed E-state index contributed by atoms with van der Waals surface area (Å²) in [6.45, 7) is 2.99. The molecule has 0 spiro atoms. The number of nitrogens with zero attached hydrogens (tertiary/aromatic N) is 1. The maximum absolute atomic E-state index is 11.4. The van der Waals surface area contributed by atoms with Crippen LogP contribution in [0.2, 0.25) is 0 Å². The number of hydrogen-bond acceptors (Lipinski definition) is 5. The molecule has 9 heteroatoms. The lowest BCUT2D eigenvalue weighted by molar-refractivity contribution is 0.210. The van der Waals surface area contributed by atoms with Crippen LogP contribution in [-0.2, 0) is 26.5 Å². The van der Waals surface area contributed by atoms with Crippen LogP contribution in [0.4, 0.5) is 11.4 Å². The van der Waals surface area contributed by atoms with Crippen LogP contribution in [0.3, 0.4) is 0 Å². The molecule has 1 atom stereocenters. The quantitative estimate of drug-likeness (QED) is 0.643. The number of benzene rings is 2. The number of anilines is 2. The third-order valence-corrected chi connectivity index (χ3v) is 6.38. The summed E-state index contributed by atoms with van der Waals surface area (Å²) in [4.78, 5) is 2.46. The van der Waals surface area contributed by atoms with Crippen LogP contribution in [0, 0.1) is 0 Å². The van der Waals surface area contributed by atoms with Crippen molar-refractivity contribution in [1.82, 2.24) is 4.90 Å². The Bertz CT molecular complexity index is 1050. The summed E-state index contributed by atoms with van der Waals surface area (Å²) in [5.41, 5.74) is 3.57. The molecule has 1 aliphatic heterocycles. The monoisotopic (exact) mass is 451 g/mol. The van der Waals surface area contributed by atoms with E-state index >= 15 is 0 Å². The van der Waals surface area contributed by atoms with Gasteiger partial charge < -0.3 is 4.90 Å². The fraction of sp³-hybridized carbons (Fsp3) is 0.429. The molecule has 0 amide bonds. The van der Waals surface area contributed by atoms with Gasteiger partial charge in [0.2, 0.25) is 20.0 Å². The fourth-order valence-corrected chi connectivity index (χ4v) is 4.94. The van der Waals surface area contributed by atoms with Gasteiger partial charge in [-0.2, -0.15) is 0 Å². The van der Waals surface area contributed by atoms with E-state index in [1.54, 1.807) is 12.1 Å². The Kier molecular flexibility index (Phi) is 7.05. The zero-order valence-electron chi connectivity index (χ0n) is 17.3. The first kappa shape index (κ1) is 22.6. The van der Waals surface area contributed by atoms with Gasteiger partial charge in [-0.15, -0.1) is 0 Å². The predicted octanol–water partition coefficient (Wildman–Crippen LogP) is 2.85. The first-order chi connectivity index (χ1) is 14.1. The maximum Gasteiger partial charge on any atom is 0.229 e. The van der Waals surface area contributed by atoms with Gasteiger partial charge in [-0.1, -0.05) is 24.3 Å². The third-order valence-electron chi connectivity index (χ3n) is 5.16. The van der Waals surface area contributed by atoms with Crippen LogP contribution in [0.5, 0.6) is 0 Å². The molecule has 3 rings (SSSR count). The van der Waals surface area contributed by atoms with E-state index in [2.05, 4.69) is 14.3 Å². The molecule has 1 fully saturated rings. The van der Waals surface area contributed by atoms with Gasteiger partial charge in [-0.25, -0.2) is 16.8 Å². The van der Waals surface area contributed by atoms with Gasteiger partial charge in [-0.3, -0.25) is 9.44 Å². The van der Waals surface area contributed by atoms with E-state index in [4.69, 9.17) is 0 Å². The van der Waals surface area contributed by atoms with Gasteiger partial charge in [0.05, 0.1) is 12.5 Å². The van der Waals surface area contributed by atoms with E-state index in [-0.39, 0.29) is 0 Å². The lowest BCUT2D eigenvalue weighted by atomic mass is 9.90. The Labute approximate surface area is 179 Å². The highest BCUT2D eigenvalue weighted by atomic mass is 32.2. The van der Waals surface area contributed by atoms with E-state index < -0.39 is 20.0 Å². The number of sulfonamides is 2. The first-order valence-corrected chi connectivity index (χ1v) is 13.7. The number of rotatable bonds is 8. The first-order valence-electron chi connectivity index (χ1n) is 9.94. The molecule has 1 heterocycles.